The van der Waals surface area contributed by atoms with Crippen molar-refractivity contribution in [2.45, 2.75) is 6.54 Å². The number of para-hydroxylation sites is 1. The fourth-order valence-corrected chi connectivity index (χ4v) is 2.64. The Morgan fingerprint density at radius 3 is 2.95 bits per heavy atom. The summed E-state index contributed by atoms with van der Waals surface area (Å²) in [5, 5.41) is 13.5. The number of carboxylic acid groups (broad SMARTS) is 1. The van der Waals surface area contributed by atoms with Crippen molar-refractivity contribution in [1.29, 1.82) is 0 Å². The highest BCUT2D eigenvalue weighted by molar-refractivity contribution is 5.87. The maximum absolute atomic E-state index is 11.3. The average Bonchev–Trinajstić information content (AvgIpc) is 3.04. The van der Waals surface area contributed by atoms with Gasteiger partial charge in [-0.2, -0.15) is 5.10 Å². The quantitative estimate of drug-likeness (QED) is 0.570. The first-order valence-corrected chi connectivity index (χ1v) is 6.17. The standard InChI is InChI=1S/C14H10N4O2/c19-14(20)13-12-7-18-11(5-6-16-18)9-3-1-2-4-10(9)17(12)8-15-13/h1-6,8H,7H2,(H,19,20). The minimum absolute atomic E-state index is 0.0724. The van der Waals surface area contributed by atoms with Crippen molar-refractivity contribution >= 4 is 5.97 Å². The molecule has 0 fully saturated rings. The third-order valence-electron chi connectivity index (χ3n) is 3.52. The van der Waals surface area contributed by atoms with Crippen molar-refractivity contribution in [3.05, 3.63) is 54.2 Å². The maximum Gasteiger partial charge on any atom is 0.356 e. The summed E-state index contributed by atoms with van der Waals surface area (Å²) in [6.07, 6.45) is 3.28. The van der Waals surface area contributed by atoms with Crippen LogP contribution in [0.4, 0.5) is 0 Å². The van der Waals surface area contributed by atoms with Crippen LogP contribution < -0.4 is 0 Å². The Balaban J connectivity index is 2.09. The minimum atomic E-state index is -1.02. The zero-order valence-electron chi connectivity index (χ0n) is 10.4. The van der Waals surface area contributed by atoms with E-state index in [2.05, 4.69) is 10.1 Å². The van der Waals surface area contributed by atoms with Crippen LogP contribution in [0.1, 0.15) is 16.2 Å². The van der Waals surface area contributed by atoms with E-state index in [0.717, 1.165) is 16.9 Å². The maximum atomic E-state index is 11.3. The topological polar surface area (TPSA) is 72.9 Å². The van der Waals surface area contributed by atoms with Gasteiger partial charge in [-0.3, -0.25) is 9.25 Å². The Labute approximate surface area is 113 Å². The van der Waals surface area contributed by atoms with Gasteiger partial charge in [-0.25, -0.2) is 9.78 Å². The molecule has 3 aromatic rings. The van der Waals surface area contributed by atoms with Gasteiger partial charge in [0.2, 0.25) is 0 Å². The van der Waals surface area contributed by atoms with Gasteiger partial charge >= 0.3 is 5.97 Å². The van der Waals surface area contributed by atoms with Crippen LogP contribution in [0, 0.1) is 0 Å². The molecule has 0 aliphatic carbocycles. The number of hydrogen-bond donors (Lipinski definition) is 1. The summed E-state index contributed by atoms with van der Waals surface area (Å²) in [5.74, 6) is -1.02. The van der Waals surface area contributed by atoms with E-state index in [0.29, 0.717) is 12.2 Å². The van der Waals surface area contributed by atoms with Crippen LogP contribution in [0.25, 0.3) is 16.9 Å². The molecule has 6 heteroatoms. The van der Waals surface area contributed by atoms with Crippen LogP contribution in [-0.2, 0) is 6.54 Å². The minimum Gasteiger partial charge on any atom is -0.476 e. The van der Waals surface area contributed by atoms with Crippen LogP contribution in [-0.4, -0.2) is 30.4 Å². The highest BCUT2D eigenvalue weighted by Gasteiger charge is 2.24. The summed E-state index contributed by atoms with van der Waals surface area (Å²) in [4.78, 5) is 15.3. The van der Waals surface area contributed by atoms with Crippen LogP contribution in [0.15, 0.2) is 42.9 Å². The molecule has 98 valence electrons. The van der Waals surface area contributed by atoms with E-state index in [9.17, 15) is 9.90 Å². The second-order valence-electron chi connectivity index (χ2n) is 4.61. The van der Waals surface area contributed by atoms with Crippen molar-refractivity contribution in [2.24, 2.45) is 0 Å². The molecule has 6 nitrogen and oxygen atoms in total. The number of carbonyl (C=O) groups is 1. The predicted molar refractivity (Wildman–Crippen MR) is 70.8 cm³/mol. The molecule has 4 rings (SSSR count). The molecule has 0 atom stereocenters. The van der Waals surface area contributed by atoms with Gasteiger partial charge in [0.1, 0.15) is 6.33 Å². The number of benzene rings is 1. The number of rotatable bonds is 1. The molecule has 0 bridgehead atoms. The highest BCUT2D eigenvalue weighted by atomic mass is 16.4. The molecular formula is C14H10N4O2. The number of nitrogens with zero attached hydrogens (tertiary/aromatic N) is 4. The van der Waals surface area contributed by atoms with Crippen molar-refractivity contribution in [1.82, 2.24) is 19.3 Å². The van der Waals surface area contributed by atoms with Gasteiger partial charge in [-0.1, -0.05) is 18.2 Å². The molecule has 1 aliphatic heterocycles. The van der Waals surface area contributed by atoms with Gasteiger partial charge in [-0.05, 0) is 12.1 Å². The molecule has 1 aliphatic rings. The van der Waals surface area contributed by atoms with Gasteiger partial charge in [0, 0.05) is 11.8 Å². The normalized spacial score (nSPS) is 12.2. The summed E-state index contributed by atoms with van der Waals surface area (Å²) in [7, 11) is 0. The lowest BCUT2D eigenvalue weighted by Gasteiger charge is -2.07. The van der Waals surface area contributed by atoms with Gasteiger partial charge in [0.25, 0.3) is 0 Å². The summed E-state index contributed by atoms with van der Waals surface area (Å²) in [6.45, 7) is 0.388. The number of carboxylic acids is 1. The van der Waals surface area contributed by atoms with Crippen LogP contribution >= 0.6 is 0 Å². The lowest BCUT2D eigenvalue weighted by Crippen LogP contribution is -2.09. The number of aromatic carboxylic acids is 1. The van der Waals surface area contributed by atoms with Crippen LogP contribution in [0.3, 0.4) is 0 Å². The third kappa shape index (κ3) is 1.36. The van der Waals surface area contributed by atoms with Gasteiger partial charge < -0.3 is 5.11 Å². The molecule has 2 aromatic heterocycles. The van der Waals surface area contributed by atoms with Crippen molar-refractivity contribution in [3.63, 3.8) is 0 Å². The molecule has 1 N–H and O–H groups in total. The molecule has 20 heavy (non-hydrogen) atoms. The van der Waals surface area contributed by atoms with Gasteiger partial charge in [0.15, 0.2) is 5.69 Å². The van der Waals surface area contributed by atoms with Gasteiger partial charge in [0.05, 0.1) is 23.6 Å². The molecular weight excluding hydrogens is 256 g/mol. The first-order valence-electron chi connectivity index (χ1n) is 6.17. The first-order chi connectivity index (χ1) is 9.75. The van der Waals surface area contributed by atoms with Crippen molar-refractivity contribution < 1.29 is 9.90 Å². The van der Waals surface area contributed by atoms with E-state index < -0.39 is 5.97 Å². The molecule has 0 radical (unpaired) electrons. The summed E-state index contributed by atoms with van der Waals surface area (Å²) >= 11 is 0. The van der Waals surface area contributed by atoms with E-state index in [1.165, 1.54) is 0 Å². The van der Waals surface area contributed by atoms with Gasteiger partial charge in [-0.15, -0.1) is 0 Å². The fourth-order valence-electron chi connectivity index (χ4n) is 2.64. The smallest absolute Gasteiger partial charge is 0.356 e. The summed E-state index contributed by atoms with van der Waals surface area (Å²) < 4.78 is 3.62. The predicted octanol–water partition coefficient (Wildman–Crippen LogP) is 1.80. The molecule has 0 spiro atoms. The molecule has 1 aromatic carbocycles. The van der Waals surface area contributed by atoms with Crippen LogP contribution in [0.5, 0.6) is 0 Å². The lowest BCUT2D eigenvalue weighted by molar-refractivity contribution is 0.0689. The largest absolute Gasteiger partial charge is 0.476 e. The van der Waals surface area contributed by atoms with Crippen LogP contribution in [0.2, 0.25) is 0 Å². The molecule has 3 heterocycles. The molecule has 0 unspecified atom stereocenters. The van der Waals surface area contributed by atoms with E-state index in [4.69, 9.17) is 0 Å². The van der Waals surface area contributed by atoms with E-state index >= 15 is 0 Å². The number of aromatic nitrogens is 4. The SMILES string of the molecule is O=C(O)c1ncn2c1Cn1nccc1-c1ccccc1-2. The highest BCUT2D eigenvalue weighted by Crippen LogP contribution is 2.31. The third-order valence-corrected chi connectivity index (χ3v) is 3.52. The number of fused-ring (bicyclic) bond motifs is 5. The number of hydrogen-bond acceptors (Lipinski definition) is 3. The van der Waals surface area contributed by atoms with E-state index in [1.807, 2.05) is 34.9 Å². The Hall–Kier alpha value is -2.89. The zero-order chi connectivity index (χ0) is 13.7. The second-order valence-corrected chi connectivity index (χ2v) is 4.61. The van der Waals surface area contributed by atoms with E-state index in [1.54, 1.807) is 17.2 Å². The zero-order valence-corrected chi connectivity index (χ0v) is 10.4. The molecule has 0 saturated heterocycles. The van der Waals surface area contributed by atoms with Crippen molar-refractivity contribution in [2.75, 3.05) is 0 Å². The average molecular weight is 266 g/mol. The second kappa shape index (κ2) is 3.80. The summed E-state index contributed by atoms with van der Waals surface area (Å²) in [6, 6.07) is 9.76. The monoisotopic (exact) mass is 266 g/mol. The molecule has 0 saturated carbocycles. The molecule has 0 amide bonds. The fraction of sp³-hybridized carbons (Fsp3) is 0.0714. The Morgan fingerprint density at radius 1 is 1.25 bits per heavy atom. The summed E-state index contributed by atoms with van der Waals surface area (Å²) in [5.41, 5.74) is 3.61. The van der Waals surface area contributed by atoms with Crippen molar-refractivity contribution in [3.8, 4) is 16.9 Å². The van der Waals surface area contributed by atoms with E-state index in [-0.39, 0.29) is 5.69 Å². The Kier molecular flexibility index (Phi) is 2.09. The number of imidazole rings is 1. The Morgan fingerprint density at radius 2 is 2.10 bits per heavy atom. The first kappa shape index (κ1) is 11.0. The lowest BCUT2D eigenvalue weighted by atomic mass is 10.1. The Bertz CT molecular complexity index is 831.